The van der Waals surface area contributed by atoms with E-state index in [0.29, 0.717) is 18.7 Å². The summed E-state index contributed by atoms with van der Waals surface area (Å²) in [6.07, 6.45) is 3.97. The van der Waals surface area contributed by atoms with Crippen LogP contribution in [0.4, 0.5) is 5.69 Å². The molecular formula is C26H21N3OS. The first kappa shape index (κ1) is 19.4. The van der Waals surface area contributed by atoms with Crippen LogP contribution in [0.1, 0.15) is 15.9 Å². The quantitative estimate of drug-likeness (QED) is 0.406. The van der Waals surface area contributed by atoms with E-state index in [4.69, 9.17) is 0 Å². The molecule has 1 saturated heterocycles. The molecule has 0 radical (unpaired) electrons. The molecule has 0 spiro atoms. The van der Waals surface area contributed by atoms with Crippen LogP contribution in [0.3, 0.4) is 0 Å². The van der Waals surface area contributed by atoms with Crippen LogP contribution < -0.4 is 4.72 Å². The molecule has 1 fully saturated rings. The lowest BCUT2D eigenvalue weighted by Crippen LogP contribution is -2.44. The van der Waals surface area contributed by atoms with Gasteiger partial charge in [-0.3, -0.25) is 9.78 Å². The molecule has 1 aromatic heterocycles. The fraction of sp³-hybridized carbons (Fsp3) is 0.0769. The normalized spacial score (nSPS) is 13.0. The predicted octanol–water partition coefficient (Wildman–Crippen LogP) is 5.89. The number of para-hydroxylation sites is 1. The summed E-state index contributed by atoms with van der Waals surface area (Å²) < 4.78 is 3.35. The fourth-order valence-corrected chi connectivity index (χ4v) is 4.38. The minimum absolute atomic E-state index is 0.0719. The maximum absolute atomic E-state index is 12.7. The van der Waals surface area contributed by atoms with E-state index in [1.165, 1.54) is 23.1 Å². The number of likely N-dealkylation sites (tertiary alicyclic amines) is 1. The molecule has 152 valence electrons. The number of pyridine rings is 1. The maximum Gasteiger partial charge on any atom is 0.254 e. The van der Waals surface area contributed by atoms with E-state index in [1.807, 2.05) is 65.7 Å². The summed E-state index contributed by atoms with van der Waals surface area (Å²) >= 11 is 1.53. The lowest BCUT2D eigenvalue weighted by molar-refractivity contribution is 0.0729. The monoisotopic (exact) mass is 423 g/mol. The van der Waals surface area contributed by atoms with E-state index in [1.54, 1.807) is 0 Å². The Hall–Kier alpha value is -3.57. The van der Waals surface area contributed by atoms with Crippen molar-refractivity contribution in [2.24, 2.45) is 0 Å². The van der Waals surface area contributed by atoms with Gasteiger partial charge < -0.3 is 9.62 Å². The standard InChI is InChI=1S/C26H21N3OS/c30-26(29-17-20(18-29)16-19-6-2-1-3-7-19)22-11-13-23(14-12-22)28-31-24-10-4-8-21-9-5-15-27-25(21)24/h1-16,28H,17-18H2. The number of carbonyl (C=O) groups excluding carboxylic acids is 1. The Morgan fingerprint density at radius 1 is 0.903 bits per heavy atom. The number of hydrogen-bond donors (Lipinski definition) is 1. The number of hydrogen-bond acceptors (Lipinski definition) is 4. The van der Waals surface area contributed by atoms with E-state index < -0.39 is 0 Å². The summed E-state index contributed by atoms with van der Waals surface area (Å²) in [5, 5.41) is 1.12. The van der Waals surface area contributed by atoms with Gasteiger partial charge in [0.1, 0.15) is 0 Å². The lowest BCUT2D eigenvalue weighted by atomic mass is 10.0. The van der Waals surface area contributed by atoms with Crippen LogP contribution in [0.5, 0.6) is 0 Å². The van der Waals surface area contributed by atoms with Gasteiger partial charge in [0.25, 0.3) is 5.91 Å². The Morgan fingerprint density at radius 2 is 1.68 bits per heavy atom. The molecule has 0 saturated carbocycles. The number of carbonyl (C=O) groups is 1. The molecular weight excluding hydrogens is 402 g/mol. The number of benzene rings is 3. The highest BCUT2D eigenvalue weighted by molar-refractivity contribution is 8.00. The first-order chi connectivity index (χ1) is 15.3. The Morgan fingerprint density at radius 3 is 2.48 bits per heavy atom. The van der Waals surface area contributed by atoms with Gasteiger partial charge in [0, 0.05) is 35.9 Å². The van der Waals surface area contributed by atoms with Gasteiger partial charge in [0.2, 0.25) is 0 Å². The molecule has 1 aliphatic rings. The topological polar surface area (TPSA) is 45.2 Å². The van der Waals surface area contributed by atoms with Gasteiger partial charge in [-0.1, -0.05) is 54.6 Å². The van der Waals surface area contributed by atoms with Crippen molar-refractivity contribution >= 4 is 40.5 Å². The van der Waals surface area contributed by atoms with Crippen LogP contribution in [0.15, 0.2) is 102 Å². The lowest BCUT2D eigenvalue weighted by Gasteiger charge is -2.34. The molecule has 31 heavy (non-hydrogen) atoms. The second-order valence-corrected chi connectivity index (χ2v) is 8.34. The van der Waals surface area contributed by atoms with Gasteiger partial charge in [-0.05, 0) is 59.5 Å². The van der Waals surface area contributed by atoms with E-state index in [2.05, 4.69) is 46.1 Å². The maximum atomic E-state index is 12.7. The fourth-order valence-electron chi connectivity index (χ4n) is 3.60. The molecule has 1 N–H and O–H groups in total. The van der Waals surface area contributed by atoms with Crippen LogP contribution >= 0.6 is 11.9 Å². The van der Waals surface area contributed by atoms with Gasteiger partial charge in [0.05, 0.1) is 10.4 Å². The SMILES string of the molecule is O=C(c1ccc(NSc2cccc3cccnc23)cc1)N1CC(=Cc2ccccc2)C1. The Kier molecular flexibility index (Phi) is 5.42. The number of rotatable bonds is 5. The van der Waals surface area contributed by atoms with Crippen molar-refractivity contribution in [2.75, 3.05) is 17.8 Å². The van der Waals surface area contributed by atoms with Crippen LogP contribution in [0, 0.1) is 0 Å². The second kappa shape index (κ2) is 8.66. The third kappa shape index (κ3) is 4.32. The molecule has 1 aliphatic heterocycles. The zero-order valence-corrected chi connectivity index (χ0v) is 17.7. The molecule has 4 nitrogen and oxygen atoms in total. The number of fused-ring (bicyclic) bond motifs is 1. The summed E-state index contributed by atoms with van der Waals surface area (Å²) in [6, 6.07) is 28.0. The van der Waals surface area contributed by atoms with Crippen molar-refractivity contribution in [3.63, 3.8) is 0 Å². The summed E-state index contributed by atoms with van der Waals surface area (Å²) in [7, 11) is 0. The van der Waals surface area contributed by atoms with Crippen LogP contribution in [0.25, 0.3) is 17.0 Å². The van der Waals surface area contributed by atoms with Gasteiger partial charge >= 0.3 is 0 Å². The first-order valence-electron chi connectivity index (χ1n) is 10.2. The van der Waals surface area contributed by atoms with E-state index in [9.17, 15) is 4.79 Å². The van der Waals surface area contributed by atoms with Crippen LogP contribution in [0.2, 0.25) is 0 Å². The van der Waals surface area contributed by atoms with Crippen molar-refractivity contribution in [2.45, 2.75) is 4.90 Å². The molecule has 3 aromatic carbocycles. The number of nitrogens with one attached hydrogen (secondary N) is 1. The first-order valence-corrected chi connectivity index (χ1v) is 11.0. The Labute approximate surface area is 185 Å². The Balaban J connectivity index is 1.19. The summed E-state index contributed by atoms with van der Waals surface area (Å²) in [6.45, 7) is 1.38. The zero-order valence-electron chi connectivity index (χ0n) is 16.9. The molecule has 0 atom stereocenters. The van der Waals surface area contributed by atoms with Crippen molar-refractivity contribution in [3.8, 4) is 0 Å². The highest BCUT2D eigenvalue weighted by Gasteiger charge is 2.25. The van der Waals surface area contributed by atoms with Crippen molar-refractivity contribution in [1.29, 1.82) is 0 Å². The van der Waals surface area contributed by atoms with E-state index >= 15 is 0 Å². The zero-order chi connectivity index (χ0) is 21.0. The largest absolute Gasteiger partial charge is 0.330 e. The molecule has 5 heteroatoms. The molecule has 5 rings (SSSR count). The van der Waals surface area contributed by atoms with Gasteiger partial charge in [-0.15, -0.1) is 0 Å². The minimum atomic E-state index is 0.0719. The molecule has 0 aliphatic carbocycles. The average Bonchev–Trinajstić information content (AvgIpc) is 2.80. The van der Waals surface area contributed by atoms with Crippen molar-refractivity contribution < 1.29 is 4.79 Å². The summed E-state index contributed by atoms with van der Waals surface area (Å²) in [5.41, 5.74) is 5.09. The van der Waals surface area contributed by atoms with Gasteiger partial charge in [0.15, 0.2) is 0 Å². The minimum Gasteiger partial charge on any atom is -0.330 e. The second-order valence-electron chi connectivity index (χ2n) is 7.49. The number of aromatic nitrogens is 1. The van der Waals surface area contributed by atoms with Crippen LogP contribution in [-0.2, 0) is 0 Å². The molecule has 0 unspecified atom stereocenters. The van der Waals surface area contributed by atoms with E-state index in [0.717, 1.165) is 21.5 Å². The molecule has 0 bridgehead atoms. The van der Waals surface area contributed by atoms with Crippen molar-refractivity contribution in [3.05, 3.63) is 108 Å². The van der Waals surface area contributed by atoms with Gasteiger partial charge in [-0.25, -0.2) is 0 Å². The average molecular weight is 424 g/mol. The molecule has 2 heterocycles. The predicted molar refractivity (Wildman–Crippen MR) is 128 cm³/mol. The summed E-state index contributed by atoms with van der Waals surface area (Å²) in [5.74, 6) is 0.0719. The third-order valence-electron chi connectivity index (χ3n) is 5.25. The Bertz CT molecular complexity index is 1240. The van der Waals surface area contributed by atoms with Crippen LogP contribution in [-0.4, -0.2) is 28.9 Å². The smallest absolute Gasteiger partial charge is 0.254 e. The van der Waals surface area contributed by atoms with E-state index in [-0.39, 0.29) is 5.91 Å². The molecule has 1 amide bonds. The number of nitrogens with zero attached hydrogens (tertiary/aromatic N) is 2. The third-order valence-corrected chi connectivity index (χ3v) is 6.14. The number of amides is 1. The van der Waals surface area contributed by atoms with Crippen molar-refractivity contribution in [1.82, 2.24) is 9.88 Å². The highest BCUT2D eigenvalue weighted by Crippen LogP contribution is 2.28. The molecule has 4 aromatic rings. The summed E-state index contributed by atoms with van der Waals surface area (Å²) in [4.78, 5) is 20.1. The number of anilines is 1. The van der Waals surface area contributed by atoms with Gasteiger partial charge in [-0.2, -0.15) is 0 Å². The highest BCUT2D eigenvalue weighted by atomic mass is 32.2.